The topological polar surface area (TPSA) is 79.4 Å². The van der Waals surface area contributed by atoms with Gasteiger partial charge < -0.3 is 15.9 Å². The predicted molar refractivity (Wildman–Crippen MR) is 39.7 cm³/mol. The highest BCUT2D eigenvalue weighted by Gasteiger charge is 2.06. The molecule has 0 radical (unpaired) electrons. The summed E-state index contributed by atoms with van der Waals surface area (Å²) in [5.74, 6) is -0.548. The third-order valence-electron chi connectivity index (χ3n) is 1.02. The van der Waals surface area contributed by atoms with Crippen molar-refractivity contribution < 1.29 is 10.2 Å². The first-order chi connectivity index (χ1) is 4.63. The molecule has 0 aliphatic carbocycles. The van der Waals surface area contributed by atoms with Gasteiger partial charge in [-0.25, -0.2) is 4.98 Å². The summed E-state index contributed by atoms with van der Waals surface area (Å²) in [4.78, 5) is 3.46. The number of halogens is 1. The monoisotopic (exact) mass is 204 g/mol. The molecule has 10 heavy (non-hydrogen) atoms. The van der Waals surface area contributed by atoms with Gasteiger partial charge in [0.25, 0.3) is 0 Å². The molecule has 0 amide bonds. The van der Waals surface area contributed by atoms with Gasteiger partial charge >= 0.3 is 0 Å². The van der Waals surface area contributed by atoms with E-state index in [2.05, 4.69) is 20.9 Å². The fourth-order valence-electron chi connectivity index (χ4n) is 0.483. The number of nitrogens with zero attached hydrogens (tertiary/aromatic N) is 1. The van der Waals surface area contributed by atoms with Gasteiger partial charge in [0.15, 0.2) is 5.75 Å². The Labute approximate surface area is 65.4 Å². The van der Waals surface area contributed by atoms with E-state index in [1.165, 1.54) is 6.20 Å². The van der Waals surface area contributed by atoms with E-state index >= 15 is 0 Å². The van der Waals surface area contributed by atoms with Crippen LogP contribution in [0.5, 0.6) is 11.6 Å². The van der Waals surface area contributed by atoms with Crippen molar-refractivity contribution >= 4 is 21.6 Å². The van der Waals surface area contributed by atoms with E-state index in [4.69, 9.17) is 15.9 Å². The molecule has 0 aromatic carbocycles. The third-order valence-corrected chi connectivity index (χ3v) is 1.60. The smallest absolute Gasteiger partial charge is 0.238 e. The Hall–Kier alpha value is -0.970. The number of aromatic nitrogens is 1. The largest absolute Gasteiger partial charge is 0.504 e. The van der Waals surface area contributed by atoms with Gasteiger partial charge in [0.2, 0.25) is 5.88 Å². The molecule has 1 heterocycles. The molecular formula is C5H5BrN2O2. The Bertz CT molecular complexity index is 237. The Morgan fingerprint density at radius 2 is 2.10 bits per heavy atom. The van der Waals surface area contributed by atoms with Crippen molar-refractivity contribution in [3.63, 3.8) is 0 Å². The second kappa shape index (κ2) is 2.34. The van der Waals surface area contributed by atoms with Crippen molar-refractivity contribution in [2.75, 3.05) is 5.73 Å². The summed E-state index contributed by atoms with van der Waals surface area (Å²) in [5.41, 5.74) is 5.07. The van der Waals surface area contributed by atoms with Crippen LogP contribution in [0.1, 0.15) is 0 Å². The molecule has 0 saturated heterocycles. The number of nitrogens with two attached hydrogens (primary N) is 1. The van der Waals surface area contributed by atoms with Gasteiger partial charge in [-0.2, -0.15) is 0 Å². The highest BCUT2D eigenvalue weighted by atomic mass is 79.9. The van der Waals surface area contributed by atoms with Gasteiger partial charge in [-0.1, -0.05) is 0 Å². The van der Waals surface area contributed by atoms with E-state index in [0.29, 0.717) is 4.47 Å². The molecule has 4 N–H and O–H groups in total. The van der Waals surface area contributed by atoms with Gasteiger partial charge in [-0.3, -0.25) is 0 Å². The second-order valence-electron chi connectivity index (χ2n) is 1.69. The Morgan fingerprint density at radius 1 is 1.50 bits per heavy atom. The van der Waals surface area contributed by atoms with Crippen LogP contribution in [0.2, 0.25) is 0 Å². The highest BCUT2D eigenvalue weighted by molar-refractivity contribution is 9.10. The Kier molecular flexibility index (Phi) is 1.67. The van der Waals surface area contributed by atoms with Crippen LogP contribution < -0.4 is 5.73 Å². The highest BCUT2D eigenvalue weighted by Crippen LogP contribution is 2.33. The van der Waals surface area contributed by atoms with Crippen LogP contribution in [-0.4, -0.2) is 15.2 Å². The lowest BCUT2D eigenvalue weighted by Crippen LogP contribution is -1.89. The summed E-state index contributed by atoms with van der Waals surface area (Å²) < 4.78 is 0.364. The van der Waals surface area contributed by atoms with Crippen LogP contribution in [0.15, 0.2) is 10.7 Å². The first-order valence-electron chi connectivity index (χ1n) is 2.45. The van der Waals surface area contributed by atoms with Crippen molar-refractivity contribution in [1.82, 2.24) is 4.98 Å². The summed E-state index contributed by atoms with van der Waals surface area (Å²) >= 11 is 2.98. The number of hydrogen-bond acceptors (Lipinski definition) is 4. The number of anilines is 1. The number of hydrogen-bond donors (Lipinski definition) is 3. The number of nitrogen functional groups attached to an aromatic ring is 1. The van der Waals surface area contributed by atoms with Crippen molar-refractivity contribution in [2.24, 2.45) is 0 Å². The first-order valence-corrected chi connectivity index (χ1v) is 3.24. The molecular weight excluding hydrogens is 200 g/mol. The van der Waals surface area contributed by atoms with Crippen LogP contribution in [0.4, 0.5) is 5.69 Å². The third kappa shape index (κ3) is 0.995. The minimum Gasteiger partial charge on any atom is -0.504 e. The van der Waals surface area contributed by atoms with Gasteiger partial charge in [-0.15, -0.1) is 0 Å². The summed E-state index contributed by atoms with van der Waals surface area (Å²) in [6.07, 6.45) is 1.26. The van der Waals surface area contributed by atoms with Crippen LogP contribution in [-0.2, 0) is 0 Å². The molecule has 0 atom stereocenters. The normalized spacial score (nSPS) is 9.70. The van der Waals surface area contributed by atoms with E-state index in [9.17, 15) is 0 Å². The average Bonchev–Trinajstić information content (AvgIpc) is 1.93. The lowest BCUT2D eigenvalue weighted by molar-refractivity contribution is 0.438. The molecule has 0 fully saturated rings. The minimum atomic E-state index is -0.360. The first kappa shape index (κ1) is 7.14. The fraction of sp³-hybridized carbons (Fsp3) is 0. The van der Waals surface area contributed by atoms with Gasteiger partial charge in [0.05, 0.1) is 4.47 Å². The van der Waals surface area contributed by atoms with E-state index in [1.807, 2.05) is 0 Å². The molecule has 1 aromatic rings. The van der Waals surface area contributed by atoms with E-state index in [1.54, 1.807) is 0 Å². The average molecular weight is 205 g/mol. The molecule has 0 aliphatic rings. The van der Waals surface area contributed by atoms with Crippen molar-refractivity contribution in [3.8, 4) is 11.6 Å². The van der Waals surface area contributed by atoms with Crippen molar-refractivity contribution in [3.05, 3.63) is 10.7 Å². The van der Waals surface area contributed by atoms with E-state index in [0.717, 1.165) is 0 Å². The zero-order valence-corrected chi connectivity index (χ0v) is 6.46. The van der Waals surface area contributed by atoms with E-state index in [-0.39, 0.29) is 17.3 Å². The Balaban J connectivity index is 3.34. The zero-order chi connectivity index (χ0) is 7.72. The maximum absolute atomic E-state index is 9.02. The van der Waals surface area contributed by atoms with Gasteiger partial charge in [-0.05, 0) is 15.9 Å². The summed E-state index contributed by atoms with van der Waals surface area (Å²) in [5, 5.41) is 17.8. The lowest BCUT2D eigenvalue weighted by atomic mass is 10.4. The maximum Gasteiger partial charge on any atom is 0.238 e. The lowest BCUT2D eigenvalue weighted by Gasteiger charge is -2.00. The molecule has 0 aliphatic heterocycles. The molecule has 5 heteroatoms. The van der Waals surface area contributed by atoms with Crippen LogP contribution in [0.25, 0.3) is 0 Å². The standard InChI is InChI=1S/C5H5BrN2O2/c6-2-1-8-5(10)3(7)4(2)9/h1H,7H2,(H2,8,9,10). The minimum absolute atomic E-state index is 0.116. The molecule has 0 saturated carbocycles. The van der Waals surface area contributed by atoms with Gasteiger partial charge in [0, 0.05) is 6.20 Å². The predicted octanol–water partition coefficient (Wildman–Crippen LogP) is 0.837. The Morgan fingerprint density at radius 3 is 2.60 bits per heavy atom. The SMILES string of the molecule is Nc1c(O)ncc(Br)c1O. The van der Waals surface area contributed by atoms with Crippen LogP contribution in [0.3, 0.4) is 0 Å². The molecule has 0 bridgehead atoms. The molecule has 0 spiro atoms. The van der Waals surface area contributed by atoms with Gasteiger partial charge in [0.1, 0.15) is 5.69 Å². The van der Waals surface area contributed by atoms with Crippen LogP contribution in [0, 0.1) is 0 Å². The molecule has 4 nitrogen and oxygen atoms in total. The molecule has 1 aromatic heterocycles. The van der Waals surface area contributed by atoms with Crippen LogP contribution >= 0.6 is 15.9 Å². The molecule has 1 rings (SSSR count). The number of pyridine rings is 1. The van der Waals surface area contributed by atoms with Crippen molar-refractivity contribution in [2.45, 2.75) is 0 Å². The maximum atomic E-state index is 9.02. The molecule has 54 valence electrons. The summed E-state index contributed by atoms with van der Waals surface area (Å²) in [7, 11) is 0. The fourth-order valence-corrected chi connectivity index (χ4v) is 0.799. The number of rotatable bonds is 0. The van der Waals surface area contributed by atoms with E-state index < -0.39 is 0 Å². The zero-order valence-electron chi connectivity index (χ0n) is 4.87. The second-order valence-corrected chi connectivity index (χ2v) is 2.55. The summed E-state index contributed by atoms with van der Waals surface area (Å²) in [6.45, 7) is 0. The molecule has 0 unspecified atom stereocenters. The van der Waals surface area contributed by atoms with Crippen molar-refractivity contribution in [1.29, 1.82) is 0 Å². The number of aromatic hydroxyl groups is 2. The summed E-state index contributed by atoms with van der Waals surface area (Å²) in [6, 6.07) is 0. The quantitative estimate of drug-likeness (QED) is 0.586.